The van der Waals surface area contributed by atoms with Crippen LogP contribution < -0.4 is 5.32 Å². The van der Waals surface area contributed by atoms with Gasteiger partial charge in [0.25, 0.3) is 0 Å². The van der Waals surface area contributed by atoms with E-state index in [1.165, 1.54) is 4.31 Å². The first-order valence-electron chi connectivity index (χ1n) is 7.48. The molecule has 1 N–H and O–H groups in total. The van der Waals surface area contributed by atoms with Gasteiger partial charge in [0.15, 0.2) is 5.58 Å². The number of nitrogens with zero attached hydrogens (tertiary/aromatic N) is 2. The second kappa shape index (κ2) is 7.56. The summed E-state index contributed by atoms with van der Waals surface area (Å²) in [5.74, 6) is -0.0835. The van der Waals surface area contributed by atoms with Gasteiger partial charge >= 0.3 is 0 Å². The van der Waals surface area contributed by atoms with E-state index < -0.39 is 10.0 Å². The Bertz CT molecular complexity index is 770. The third kappa shape index (κ3) is 4.52. The van der Waals surface area contributed by atoms with Crippen LogP contribution in [0.3, 0.4) is 0 Å². The number of hydrogen-bond donors (Lipinski definition) is 1. The van der Waals surface area contributed by atoms with Crippen molar-refractivity contribution in [2.24, 2.45) is 0 Å². The Morgan fingerprint density at radius 2 is 2.09 bits per heavy atom. The Kier molecular flexibility index (Phi) is 5.73. The van der Waals surface area contributed by atoms with Gasteiger partial charge in [-0.2, -0.15) is 0 Å². The average molecular weight is 339 g/mol. The summed E-state index contributed by atoms with van der Waals surface area (Å²) in [6.45, 7) is 2.40. The Morgan fingerprint density at radius 3 is 2.83 bits per heavy atom. The van der Waals surface area contributed by atoms with Crippen LogP contribution in [0.15, 0.2) is 28.8 Å². The predicted octanol–water partition coefficient (Wildman–Crippen LogP) is 1.16. The van der Waals surface area contributed by atoms with Gasteiger partial charge in [0, 0.05) is 25.5 Å². The van der Waals surface area contributed by atoms with Crippen molar-refractivity contribution >= 4 is 26.9 Å². The summed E-state index contributed by atoms with van der Waals surface area (Å²) in [7, 11) is -1.62. The molecule has 0 aliphatic carbocycles. The Morgan fingerprint density at radius 1 is 1.35 bits per heavy atom. The fourth-order valence-electron chi connectivity index (χ4n) is 2.17. The van der Waals surface area contributed by atoms with E-state index in [9.17, 15) is 13.2 Å². The minimum Gasteiger partial charge on any atom is -0.356 e. The molecule has 0 radical (unpaired) electrons. The van der Waals surface area contributed by atoms with Crippen LogP contribution in [-0.4, -0.2) is 49.7 Å². The van der Waals surface area contributed by atoms with E-state index in [-0.39, 0.29) is 18.1 Å². The summed E-state index contributed by atoms with van der Waals surface area (Å²) in [6, 6.07) is 7.37. The van der Waals surface area contributed by atoms with Gasteiger partial charge in [0.05, 0.1) is 12.2 Å². The molecule has 0 aliphatic heterocycles. The molecule has 0 bridgehead atoms. The largest absolute Gasteiger partial charge is 0.356 e. The number of aromatic nitrogens is 1. The molecule has 1 aromatic carbocycles. The van der Waals surface area contributed by atoms with Gasteiger partial charge in [-0.05, 0) is 25.5 Å². The number of hydrogen-bond acceptors (Lipinski definition) is 5. The summed E-state index contributed by atoms with van der Waals surface area (Å²) < 4.78 is 29.6. The molecule has 2 aromatic rings. The van der Waals surface area contributed by atoms with Crippen molar-refractivity contribution < 1.29 is 17.7 Å². The fourth-order valence-corrected chi connectivity index (χ4v) is 3.02. The number of sulfonamides is 1. The van der Waals surface area contributed by atoms with Crippen molar-refractivity contribution in [3.8, 4) is 0 Å². The standard InChI is InChI=1S/C15H21N3O4S/c1-3-23(20,21)18(2)10-6-9-16-15(19)11-13-12-7-4-5-8-14(12)22-17-13/h4-5,7-8H,3,6,9-11H2,1-2H3,(H,16,19). The lowest BCUT2D eigenvalue weighted by Gasteiger charge is -2.15. The van der Waals surface area contributed by atoms with Crippen LogP contribution in [0.25, 0.3) is 11.0 Å². The van der Waals surface area contributed by atoms with Crippen LogP contribution in [0.5, 0.6) is 0 Å². The smallest absolute Gasteiger partial charge is 0.226 e. The van der Waals surface area contributed by atoms with E-state index in [2.05, 4.69) is 10.5 Å². The lowest BCUT2D eigenvalue weighted by atomic mass is 10.1. The van der Waals surface area contributed by atoms with Gasteiger partial charge in [-0.3, -0.25) is 4.79 Å². The highest BCUT2D eigenvalue weighted by Crippen LogP contribution is 2.17. The van der Waals surface area contributed by atoms with Gasteiger partial charge in [0.2, 0.25) is 15.9 Å². The van der Waals surface area contributed by atoms with Crippen molar-refractivity contribution in [1.29, 1.82) is 0 Å². The highest BCUT2D eigenvalue weighted by molar-refractivity contribution is 7.89. The predicted molar refractivity (Wildman–Crippen MR) is 87.4 cm³/mol. The lowest BCUT2D eigenvalue weighted by molar-refractivity contribution is -0.120. The zero-order valence-corrected chi connectivity index (χ0v) is 14.1. The minimum absolute atomic E-state index is 0.0785. The molecule has 0 saturated carbocycles. The number of amides is 1. The van der Waals surface area contributed by atoms with E-state index in [0.29, 0.717) is 30.8 Å². The molecule has 1 heterocycles. The zero-order chi connectivity index (χ0) is 16.9. The maximum Gasteiger partial charge on any atom is 0.226 e. The van der Waals surface area contributed by atoms with Gasteiger partial charge in [-0.1, -0.05) is 17.3 Å². The molecular weight excluding hydrogens is 318 g/mol. The van der Waals surface area contributed by atoms with Gasteiger partial charge in [0.1, 0.15) is 5.69 Å². The summed E-state index contributed by atoms with van der Waals surface area (Å²) in [6.07, 6.45) is 0.696. The van der Waals surface area contributed by atoms with E-state index >= 15 is 0 Å². The molecule has 0 spiro atoms. The van der Waals surface area contributed by atoms with Crippen molar-refractivity contribution in [1.82, 2.24) is 14.8 Å². The topological polar surface area (TPSA) is 92.5 Å². The molecule has 1 aromatic heterocycles. The lowest BCUT2D eigenvalue weighted by Crippen LogP contribution is -2.32. The molecule has 0 saturated heterocycles. The van der Waals surface area contributed by atoms with E-state index in [0.717, 1.165) is 5.39 Å². The van der Waals surface area contributed by atoms with Crippen molar-refractivity contribution in [2.75, 3.05) is 25.9 Å². The summed E-state index contributed by atoms with van der Waals surface area (Å²) >= 11 is 0. The van der Waals surface area contributed by atoms with Gasteiger partial charge in [-0.15, -0.1) is 0 Å². The summed E-state index contributed by atoms with van der Waals surface area (Å²) in [5.41, 5.74) is 1.26. The molecule has 0 unspecified atom stereocenters. The number of para-hydroxylation sites is 1. The zero-order valence-electron chi connectivity index (χ0n) is 13.3. The minimum atomic E-state index is -3.17. The van der Waals surface area contributed by atoms with Crippen molar-refractivity contribution in [3.63, 3.8) is 0 Å². The quantitative estimate of drug-likeness (QED) is 0.729. The first kappa shape index (κ1) is 17.4. The van der Waals surface area contributed by atoms with Crippen LogP contribution in [-0.2, 0) is 21.2 Å². The Balaban J connectivity index is 1.78. The number of fused-ring (bicyclic) bond motifs is 1. The number of rotatable bonds is 8. The molecule has 1 amide bonds. The fraction of sp³-hybridized carbons (Fsp3) is 0.467. The Hall–Kier alpha value is -1.93. The Labute approximate surface area is 135 Å². The molecule has 0 atom stereocenters. The highest BCUT2D eigenvalue weighted by atomic mass is 32.2. The molecule has 7 nitrogen and oxygen atoms in total. The number of benzene rings is 1. The summed E-state index contributed by atoms with van der Waals surface area (Å²) in [4.78, 5) is 11.9. The van der Waals surface area contributed by atoms with Crippen LogP contribution in [0, 0.1) is 0 Å². The third-order valence-electron chi connectivity index (χ3n) is 3.59. The third-order valence-corrected chi connectivity index (χ3v) is 5.45. The monoisotopic (exact) mass is 339 g/mol. The van der Waals surface area contributed by atoms with Crippen LogP contribution in [0.1, 0.15) is 19.0 Å². The highest BCUT2D eigenvalue weighted by Gasteiger charge is 2.15. The van der Waals surface area contributed by atoms with Gasteiger partial charge < -0.3 is 9.84 Å². The van der Waals surface area contributed by atoms with Crippen molar-refractivity contribution in [2.45, 2.75) is 19.8 Å². The van der Waals surface area contributed by atoms with E-state index in [1.807, 2.05) is 18.2 Å². The number of nitrogens with one attached hydrogen (secondary N) is 1. The number of carbonyl (C=O) groups excluding carboxylic acids is 1. The first-order chi connectivity index (χ1) is 10.9. The van der Waals surface area contributed by atoms with Crippen LogP contribution >= 0.6 is 0 Å². The first-order valence-corrected chi connectivity index (χ1v) is 9.09. The van der Waals surface area contributed by atoms with Crippen LogP contribution in [0.2, 0.25) is 0 Å². The molecular formula is C15H21N3O4S. The molecule has 0 fully saturated rings. The average Bonchev–Trinajstić information content (AvgIpc) is 2.94. The second-order valence-electron chi connectivity index (χ2n) is 5.23. The van der Waals surface area contributed by atoms with E-state index in [4.69, 9.17) is 4.52 Å². The van der Waals surface area contributed by atoms with Gasteiger partial charge in [-0.25, -0.2) is 12.7 Å². The van der Waals surface area contributed by atoms with E-state index in [1.54, 1.807) is 20.0 Å². The number of carbonyl (C=O) groups is 1. The van der Waals surface area contributed by atoms with Crippen LogP contribution in [0.4, 0.5) is 0 Å². The van der Waals surface area contributed by atoms with Crippen molar-refractivity contribution in [3.05, 3.63) is 30.0 Å². The normalized spacial score (nSPS) is 12.0. The SMILES string of the molecule is CCS(=O)(=O)N(C)CCCNC(=O)Cc1noc2ccccc12. The molecule has 0 aliphatic rings. The second-order valence-corrected chi connectivity index (χ2v) is 7.59. The molecule has 23 heavy (non-hydrogen) atoms. The molecule has 2 rings (SSSR count). The maximum absolute atomic E-state index is 11.9. The summed E-state index contributed by atoms with van der Waals surface area (Å²) in [5, 5.41) is 7.51. The maximum atomic E-state index is 11.9. The molecule has 126 valence electrons. The molecule has 8 heteroatoms.